The van der Waals surface area contributed by atoms with Crippen LogP contribution >= 0.6 is 0 Å². The minimum Gasteiger partial charge on any atom is -0.494 e. The molecule has 2 unspecified atom stereocenters. The predicted molar refractivity (Wildman–Crippen MR) is 59.1 cm³/mol. The quantitative estimate of drug-likeness (QED) is 0.776. The standard InChI is InChI=1S/C12H17NO/c1-4-14-10-5-6-11-8(2)9(3)13-12(11)7-10/h5-9,13H,4H2,1-3H3. The van der Waals surface area contributed by atoms with E-state index in [1.54, 1.807) is 0 Å². The Labute approximate surface area is 85.3 Å². The number of anilines is 1. The van der Waals surface area contributed by atoms with Crippen molar-refractivity contribution in [1.29, 1.82) is 0 Å². The van der Waals surface area contributed by atoms with E-state index in [-0.39, 0.29) is 0 Å². The maximum atomic E-state index is 5.46. The van der Waals surface area contributed by atoms with Crippen LogP contribution in [0.1, 0.15) is 32.3 Å². The molecule has 2 atom stereocenters. The monoisotopic (exact) mass is 191 g/mol. The van der Waals surface area contributed by atoms with Gasteiger partial charge in [0.1, 0.15) is 5.75 Å². The average Bonchev–Trinajstić information content (AvgIpc) is 2.43. The topological polar surface area (TPSA) is 21.3 Å². The Kier molecular flexibility index (Phi) is 2.36. The molecule has 2 heteroatoms. The van der Waals surface area contributed by atoms with Gasteiger partial charge in [0, 0.05) is 23.7 Å². The van der Waals surface area contributed by atoms with Crippen LogP contribution in [0.5, 0.6) is 5.75 Å². The van der Waals surface area contributed by atoms with Gasteiger partial charge in [-0.05, 0) is 25.5 Å². The van der Waals surface area contributed by atoms with E-state index in [1.165, 1.54) is 11.3 Å². The second-order valence-corrected chi connectivity index (χ2v) is 3.90. The molecule has 0 aromatic heterocycles. The SMILES string of the molecule is CCOc1ccc2c(c1)NC(C)C2C. The van der Waals surface area contributed by atoms with Crippen LogP contribution in [0.15, 0.2) is 18.2 Å². The number of fused-ring (bicyclic) bond motifs is 1. The lowest BCUT2D eigenvalue weighted by Gasteiger charge is -2.08. The van der Waals surface area contributed by atoms with Crippen LogP contribution in [0.4, 0.5) is 5.69 Å². The molecule has 1 aliphatic heterocycles. The number of hydrogen-bond donors (Lipinski definition) is 1. The van der Waals surface area contributed by atoms with E-state index in [0.29, 0.717) is 12.0 Å². The molecule has 1 heterocycles. The van der Waals surface area contributed by atoms with Crippen LogP contribution in [0, 0.1) is 0 Å². The van der Waals surface area contributed by atoms with E-state index in [1.807, 2.05) is 6.92 Å². The molecule has 0 saturated carbocycles. The Morgan fingerprint density at radius 3 is 2.86 bits per heavy atom. The van der Waals surface area contributed by atoms with Gasteiger partial charge in [0.15, 0.2) is 0 Å². The van der Waals surface area contributed by atoms with Crippen molar-refractivity contribution in [2.24, 2.45) is 0 Å². The van der Waals surface area contributed by atoms with Crippen molar-refractivity contribution in [2.45, 2.75) is 32.7 Å². The Morgan fingerprint density at radius 2 is 2.14 bits per heavy atom. The lowest BCUT2D eigenvalue weighted by molar-refractivity contribution is 0.340. The smallest absolute Gasteiger partial charge is 0.121 e. The highest BCUT2D eigenvalue weighted by Gasteiger charge is 2.24. The molecular weight excluding hydrogens is 174 g/mol. The molecule has 1 aromatic rings. The first-order valence-electron chi connectivity index (χ1n) is 5.25. The minimum atomic E-state index is 0.530. The van der Waals surface area contributed by atoms with Gasteiger partial charge in [0.05, 0.1) is 6.61 Å². The van der Waals surface area contributed by atoms with Crippen LogP contribution in [-0.2, 0) is 0 Å². The molecule has 0 saturated heterocycles. The summed E-state index contributed by atoms with van der Waals surface area (Å²) in [4.78, 5) is 0. The summed E-state index contributed by atoms with van der Waals surface area (Å²) in [7, 11) is 0. The highest BCUT2D eigenvalue weighted by atomic mass is 16.5. The van der Waals surface area contributed by atoms with Gasteiger partial charge in [-0.1, -0.05) is 13.0 Å². The number of rotatable bonds is 2. The third-order valence-corrected chi connectivity index (χ3v) is 2.96. The van der Waals surface area contributed by atoms with Crippen LogP contribution in [0.25, 0.3) is 0 Å². The average molecular weight is 191 g/mol. The zero-order chi connectivity index (χ0) is 10.1. The molecular formula is C12H17NO. The van der Waals surface area contributed by atoms with E-state index in [9.17, 15) is 0 Å². The van der Waals surface area contributed by atoms with E-state index in [0.717, 1.165) is 12.4 Å². The largest absolute Gasteiger partial charge is 0.494 e. The van der Waals surface area contributed by atoms with Crippen molar-refractivity contribution < 1.29 is 4.74 Å². The fourth-order valence-corrected chi connectivity index (χ4v) is 1.95. The number of ether oxygens (including phenoxy) is 1. The Hall–Kier alpha value is -1.18. The lowest BCUT2D eigenvalue weighted by Crippen LogP contribution is -2.12. The first-order valence-corrected chi connectivity index (χ1v) is 5.25. The predicted octanol–water partition coefficient (Wildman–Crippen LogP) is 3.00. The van der Waals surface area contributed by atoms with Crippen LogP contribution in [0.2, 0.25) is 0 Å². The molecule has 0 amide bonds. The van der Waals surface area contributed by atoms with E-state index >= 15 is 0 Å². The molecule has 2 rings (SSSR count). The molecule has 0 spiro atoms. The second-order valence-electron chi connectivity index (χ2n) is 3.90. The van der Waals surface area contributed by atoms with Crippen molar-refractivity contribution in [2.75, 3.05) is 11.9 Å². The van der Waals surface area contributed by atoms with Crippen LogP contribution in [-0.4, -0.2) is 12.6 Å². The van der Waals surface area contributed by atoms with Gasteiger partial charge in [0.25, 0.3) is 0 Å². The summed E-state index contributed by atoms with van der Waals surface area (Å²) < 4.78 is 5.46. The van der Waals surface area contributed by atoms with Gasteiger partial charge in [0.2, 0.25) is 0 Å². The summed E-state index contributed by atoms with van der Waals surface area (Å²) in [6.07, 6.45) is 0. The zero-order valence-corrected chi connectivity index (χ0v) is 9.00. The molecule has 1 aromatic carbocycles. The number of benzene rings is 1. The maximum absolute atomic E-state index is 5.46. The molecule has 0 radical (unpaired) electrons. The summed E-state index contributed by atoms with van der Waals surface area (Å²) in [5.74, 6) is 1.56. The van der Waals surface area contributed by atoms with E-state index in [2.05, 4.69) is 37.4 Å². The Bertz CT molecular complexity index is 335. The summed E-state index contributed by atoms with van der Waals surface area (Å²) in [5.41, 5.74) is 2.64. The second kappa shape index (κ2) is 3.52. The maximum Gasteiger partial charge on any atom is 0.121 e. The van der Waals surface area contributed by atoms with Crippen molar-refractivity contribution >= 4 is 5.69 Å². The lowest BCUT2D eigenvalue weighted by atomic mass is 9.98. The van der Waals surface area contributed by atoms with Gasteiger partial charge in [-0.3, -0.25) is 0 Å². The summed E-state index contributed by atoms with van der Waals surface area (Å²) in [6.45, 7) is 7.20. The van der Waals surface area contributed by atoms with Gasteiger partial charge in [-0.15, -0.1) is 0 Å². The van der Waals surface area contributed by atoms with Gasteiger partial charge < -0.3 is 10.1 Å². The van der Waals surface area contributed by atoms with Crippen molar-refractivity contribution in [3.05, 3.63) is 23.8 Å². The Balaban J connectivity index is 2.30. The van der Waals surface area contributed by atoms with Gasteiger partial charge >= 0.3 is 0 Å². The van der Waals surface area contributed by atoms with Crippen molar-refractivity contribution in [3.63, 3.8) is 0 Å². The molecule has 2 nitrogen and oxygen atoms in total. The van der Waals surface area contributed by atoms with Crippen LogP contribution in [0.3, 0.4) is 0 Å². The highest BCUT2D eigenvalue weighted by Crippen LogP contribution is 2.37. The van der Waals surface area contributed by atoms with Crippen molar-refractivity contribution in [3.8, 4) is 5.75 Å². The normalized spacial score (nSPS) is 24.2. The number of hydrogen-bond acceptors (Lipinski definition) is 2. The first kappa shape index (κ1) is 9.38. The Morgan fingerprint density at radius 1 is 1.36 bits per heavy atom. The number of nitrogens with one attached hydrogen (secondary N) is 1. The molecule has 76 valence electrons. The van der Waals surface area contributed by atoms with Gasteiger partial charge in [-0.2, -0.15) is 0 Å². The highest BCUT2D eigenvalue weighted by molar-refractivity contribution is 5.61. The summed E-state index contributed by atoms with van der Waals surface area (Å²) in [6, 6.07) is 6.85. The van der Waals surface area contributed by atoms with E-state index in [4.69, 9.17) is 4.74 Å². The molecule has 0 fully saturated rings. The third kappa shape index (κ3) is 1.45. The molecule has 0 aliphatic carbocycles. The van der Waals surface area contributed by atoms with Gasteiger partial charge in [-0.25, -0.2) is 0 Å². The summed E-state index contributed by atoms with van der Waals surface area (Å²) >= 11 is 0. The first-order chi connectivity index (χ1) is 6.72. The van der Waals surface area contributed by atoms with E-state index < -0.39 is 0 Å². The fourth-order valence-electron chi connectivity index (χ4n) is 1.95. The minimum absolute atomic E-state index is 0.530. The zero-order valence-electron chi connectivity index (χ0n) is 9.00. The van der Waals surface area contributed by atoms with Crippen LogP contribution < -0.4 is 10.1 Å². The molecule has 1 N–H and O–H groups in total. The molecule has 1 aliphatic rings. The third-order valence-electron chi connectivity index (χ3n) is 2.96. The summed E-state index contributed by atoms with van der Waals surface area (Å²) in [5, 5.41) is 3.47. The fraction of sp³-hybridized carbons (Fsp3) is 0.500. The molecule has 14 heavy (non-hydrogen) atoms. The van der Waals surface area contributed by atoms with Crippen molar-refractivity contribution in [1.82, 2.24) is 0 Å². The molecule has 0 bridgehead atoms.